The Morgan fingerprint density at radius 1 is 1.24 bits per heavy atom. The third-order valence-corrected chi connectivity index (χ3v) is 4.39. The van der Waals surface area contributed by atoms with Crippen molar-refractivity contribution in [2.75, 3.05) is 19.5 Å². The van der Waals surface area contributed by atoms with Crippen LogP contribution in [0.5, 0.6) is 11.5 Å². The molecular formula is C17H24ClN3O3S. The van der Waals surface area contributed by atoms with Gasteiger partial charge in [0.2, 0.25) is 5.91 Å². The van der Waals surface area contributed by atoms with Gasteiger partial charge in [0.15, 0.2) is 16.6 Å². The molecule has 0 aliphatic rings. The minimum atomic E-state index is -0.606. The number of benzene rings is 1. The van der Waals surface area contributed by atoms with Gasteiger partial charge in [-0.05, 0) is 23.6 Å². The molecule has 0 unspecified atom stereocenters. The number of carbonyl (C=O) groups is 1. The largest absolute Gasteiger partial charge is 0.493 e. The molecule has 0 saturated carbocycles. The van der Waals surface area contributed by atoms with Gasteiger partial charge in [0.25, 0.3) is 0 Å². The Morgan fingerprint density at radius 2 is 1.88 bits per heavy atom. The molecule has 6 nitrogen and oxygen atoms in total. The molecule has 0 saturated heterocycles. The van der Waals surface area contributed by atoms with Crippen molar-refractivity contribution in [2.45, 2.75) is 26.8 Å². The highest BCUT2D eigenvalue weighted by molar-refractivity contribution is 7.14. The Balaban J connectivity index is 0.00000312. The minimum Gasteiger partial charge on any atom is -0.493 e. The predicted octanol–water partition coefficient (Wildman–Crippen LogP) is 3.56. The van der Waals surface area contributed by atoms with Gasteiger partial charge in [-0.15, -0.1) is 23.7 Å². The summed E-state index contributed by atoms with van der Waals surface area (Å²) in [6, 6.07) is 4.95. The summed E-state index contributed by atoms with van der Waals surface area (Å²) in [5, 5.41) is 5.17. The second-order valence-electron chi connectivity index (χ2n) is 6.44. The number of hydrogen-bond donors (Lipinski definition) is 2. The number of methoxy groups -OCH3 is 2. The van der Waals surface area contributed by atoms with Crippen molar-refractivity contribution in [3.8, 4) is 22.8 Å². The summed E-state index contributed by atoms with van der Waals surface area (Å²) in [6.45, 7) is 5.77. The van der Waals surface area contributed by atoms with Gasteiger partial charge in [-0.1, -0.05) is 20.8 Å². The fourth-order valence-electron chi connectivity index (χ4n) is 2.04. The summed E-state index contributed by atoms with van der Waals surface area (Å²) in [5.41, 5.74) is 7.28. The lowest BCUT2D eigenvalue weighted by Gasteiger charge is -2.25. The van der Waals surface area contributed by atoms with Gasteiger partial charge in [0.05, 0.1) is 26.0 Å². The zero-order chi connectivity index (χ0) is 17.9. The van der Waals surface area contributed by atoms with Crippen molar-refractivity contribution in [3.63, 3.8) is 0 Å². The first-order chi connectivity index (χ1) is 11.3. The molecule has 0 bridgehead atoms. The molecular weight excluding hydrogens is 362 g/mol. The van der Waals surface area contributed by atoms with Crippen LogP contribution in [0.25, 0.3) is 11.3 Å². The topological polar surface area (TPSA) is 86.5 Å². The van der Waals surface area contributed by atoms with E-state index in [1.165, 1.54) is 11.3 Å². The number of anilines is 1. The second kappa shape index (κ2) is 8.51. The monoisotopic (exact) mass is 385 g/mol. The maximum atomic E-state index is 12.2. The van der Waals surface area contributed by atoms with Gasteiger partial charge in [0.1, 0.15) is 0 Å². The maximum absolute atomic E-state index is 12.2. The summed E-state index contributed by atoms with van der Waals surface area (Å²) in [6.07, 6.45) is 0. The maximum Gasteiger partial charge on any atom is 0.243 e. The van der Waals surface area contributed by atoms with Gasteiger partial charge in [0, 0.05) is 10.9 Å². The highest BCUT2D eigenvalue weighted by Crippen LogP contribution is 2.33. The van der Waals surface area contributed by atoms with E-state index < -0.39 is 6.04 Å². The molecule has 1 heterocycles. The van der Waals surface area contributed by atoms with E-state index in [0.29, 0.717) is 16.6 Å². The molecule has 0 radical (unpaired) electrons. The van der Waals surface area contributed by atoms with Crippen LogP contribution in [0.15, 0.2) is 23.6 Å². The number of aromatic nitrogens is 1. The number of nitrogens with one attached hydrogen (secondary N) is 1. The van der Waals surface area contributed by atoms with Crippen molar-refractivity contribution in [2.24, 2.45) is 11.1 Å². The zero-order valence-electron chi connectivity index (χ0n) is 15.0. The quantitative estimate of drug-likeness (QED) is 0.821. The minimum absolute atomic E-state index is 0. The Bertz CT molecular complexity index is 728. The lowest BCUT2D eigenvalue weighted by Crippen LogP contribution is -2.45. The lowest BCUT2D eigenvalue weighted by molar-refractivity contribution is -0.119. The molecule has 1 amide bonds. The van der Waals surface area contributed by atoms with Crippen molar-refractivity contribution in [3.05, 3.63) is 23.6 Å². The number of carbonyl (C=O) groups excluding carboxylic acids is 1. The van der Waals surface area contributed by atoms with E-state index in [4.69, 9.17) is 15.2 Å². The molecule has 2 rings (SSSR count). The smallest absolute Gasteiger partial charge is 0.243 e. The number of nitrogens with zero attached hydrogens (tertiary/aromatic N) is 1. The Hall–Kier alpha value is -1.83. The van der Waals surface area contributed by atoms with Crippen LogP contribution in [-0.4, -0.2) is 31.2 Å². The van der Waals surface area contributed by atoms with E-state index >= 15 is 0 Å². The van der Waals surface area contributed by atoms with Crippen LogP contribution < -0.4 is 20.5 Å². The molecule has 0 spiro atoms. The molecule has 138 valence electrons. The molecule has 25 heavy (non-hydrogen) atoms. The van der Waals surface area contributed by atoms with Gasteiger partial charge in [-0.2, -0.15) is 0 Å². The number of nitrogens with two attached hydrogens (primary N) is 1. The summed E-state index contributed by atoms with van der Waals surface area (Å²) in [7, 11) is 3.18. The molecule has 8 heteroatoms. The van der Waals surface area contributed by atoms with Gasteiger partial charge in [-0.25, -0.2) is 4.98 Å². The van der Waals surface area contributed by atoms with E-state index in [1.807, 2.05) is 44.4 Å². The summed E-state index contributed by atoms with van der Waals surface area (Å²) < 4.78 is 10.5. The van der Waals surface area contributed by atoms with Crippen LogP contribution in [0, 0.1) is 5.41 Å². The summed E-state index contributed by atoms with van der Waals surface area (Å²) >= 11 is 1.35. The Kier molecular flexibility index (Phi) is 7.22. The van der Waals surface area contributed by atoms with Crippen molar-refractivity contribution >= 4 is 34.8 Å². The van der Waals surface area contributed by atoms with E-state index in [9.17, 15) is 4.79 Å². The van der Waals surface area contributed by atoms with Crippen molar-refractivity contribution in [1.82, 2.24) is 4.98 Å². The van der Waals surface area contributed by atoms with Gasteiger partial charge in [-0.3, -0.25) is 4.79 Å². The second-order valence-corrected chi connectivity index (χ2v) is 7.30. The average Bonchev–Trinajstić information content (AvgIpc) is 3.00. The molecule has 1 aromatic carbocycles. The van der Waals surface area contributed by atoms with Gasteiger partial charge >= 0.3 is 0 Å². The van der Waals surface area contributed by atoms with E-state index in [1.54, 1.807) is 14.2 Å². The fourth-order valence-corrected chi connectivity index (χ4v) is 2.76. The number of ether oxygens (including phenoxy) is 2. The Morgan fingerprint density at radius 3 is 2.44 bits per heavy atom. The SMILES string of the molecule is COc1ccc(-c2csc(NC(=O)[C@@H](N)C(C)(C)C)n2)cc1OC.Cl. The zero-order valence-corrected chi connectivity index (χ0v) is 16.6. The number of hydrogen-bond acceptors (Lipinski definition) is 6. The van der Waals surface area contributed by atoms with Crippen molar-refractivity contribution in [1.29, 1.82) is 0 Å². The summed E-state index contributed by atoms with van der Waals surface area (Å²) in [4.78, 5) is 16.6. The van der Waals surface area contributed by atoms with Gasteiger partial charge < -0.3 is 20.5 Å². The van der Waals surface area contributed by atoms with Crippen molar-refractivity contribution < 1.29 is 14.3 Å². The highest BCUT2D eigenvalue weighted by Gasteiger charge is 2.28. The van der Waals surface area contributed by atoms with E-state index in [2.05, 4.69) is 10.3 Å². The van der Waals surface area contributed by atoms with E-state index in [-0.39, 0.29) is 23.7 Å². The fraction of sp³-hybridized carbons (Fsp3) is 0.412. The Labute approximate surface area is 158 Å². The first kappa shape index (κ1) is 21.2. The standard InChI is InChI=1S/C17H23N3O3S.ClH/c1-17(2,3)14(18)15(21)20-16-19-11(9-24-16)10-6-7-12(22-4)13(8-10)23-5;/h6-9,14H,18H2,1-5H3,(H,19,20,21);1H/t14-;/m1./s1. The molecule has 1 atom stereocenters. The van der Waals surface area contributed by atoms with Crippen LogP contribution in [0.1, 0.15) is 20.8 Å². The van der Waals surface area contributed by atoms with E-state index in [0.717, 1.165) is 11.3 Å². The van der Waals surface area contributed by atoms with Crippen LogP contribution >= 0.6 is 23.7 Å². The molecule has 0 fully saturated rings. The molecule has 2 aromatic rings. The first-order valence-electron chi connectivity index (χ1n) is 7.50. The van der Waals surface area contributed by atoms with Crippen LogP contribution in [0.2, 0.25) is 0 Å². The normalized spacial score (nSPS) is 12.1. The third kappa shape index (κ3) is 5.07. The molecule has 1 aromatic heterocycles. The third-order valence-electron chi connectivity index (χ3n) is 3.63. The number of thiazole rings is 1. The van der Waals surface area contributed by atoms with Crippen LogP contribution in [0.3, 0.4) is 0 Å². The molecule has 0 aliphatic heterocycles. The predicted molar refractivity (Wildman–Crippen MR) is 104 cm³/mol. The van der Waals surface area contributed by atoms with Crippen LogP contribution in [-0.2, 0) is 4.79 Å². The number of halogens is 1. The number of rotatable bonds is 5. The van der Waals surface area contributed by atoms with Crippen LogP contribution in [0.4, 0.5) is 5.13 Å². The summed E-state index contributed by atoms with van der Waals surface area (Å²) in [5.74, 6) is 1.04. The highest BCUT2D eigenvalue weighted by atomic mass is 35.5. The average molecular weight is 386 g/mol. The number of amides is 1. The molecule has 0 aliphatic carbocycles. The first-order valence-corrected chi connectivity index (χ1v) is 8.38. The molecule has 3 N–H and O–H groups in total. The lowest BCUT2D eigenvalue weighted by atomic mass is 9.87.